The van der Waals surface area contributed by atoms with Crippen molar-refractivity contribution in [3.05, 3.63) is 65.5 Å². The Hall–Kier alpha value is -1.91. The monoisotopic (exact) mass is 275 g/mol. The van der Waals surface area contributed by atoms with Gasteiger partial charge in [0.2, 0.25) is 0 Å². The van der Waals surface area contributed by atoms with Gasteiger partial charge in [0.15, 0.2) is 0 Å². The van der Waals surface area contributed by atoms with E-state index in [1.165, 1.54) is 6.07 Å². The zero-order valence-corrected chi connectivity index (χ0v) is 11.3. The summed E-state index contributed by atoms with van der Waals surface area (Å²) in [6.07, 6.45) is -0.852. The third kappa shape index (κ3) is 3.79. The minimum absolute atomic E-state index is 0.299. The van der Waals surface area contributed by atoms with Crippen LogP contribution in [-0.4, -0.2) is 18.8 Å². The number of hydrogen-bond donors (Lipinski definition) is 2. The van der Waals surface area contributed by atoms with Crippen molar-refractivity contribution in [3.8, 4) is 5.75 Å². The molecule has 2 N–H and O–H groups in total. The van der Waals surface area contributed by atoms with Gasteiger partial charge in [-0.15, -0.1) is 0 Å². The smallest absolute Gasteiger partial charge is 0.129 e. The summed E-state index contributed by atoms with van der Waals surface area (Å²) in [4.78, 5) is 0. The number of rotatable bonds is 6. The maximum absolute atomic E-state index is 13.5. The van der Waals surface area contributed by atoms with E-state index in [9.17, 15) is 9.50 Å². The first-order chi connectivity index (χ1) is 9.70. The van der Waals surface area contributed by atoms with Crippen LogP contribution in [0.25, 0.3) is 0 Å². The van der Waals surface area contributed by atoms with Gasteiger partial charge in [-0.3, -0.25) is 0 Å². The largest absolute Gasteiger partial charge is 0.497 e. The molecule has 106 valence electrons. The SMILES string of the molecule is COc1ccc(CNCC(O)c2ccccc2F)cc1. The molecule has 0 saturated heterocycles. The quantitative estimate of drug-likeness (QED) is 0.851. The molecular formula is C16H18FNO2. The van der Waals surface area contributed by atoms with Gasteiger partial charge in [-0.2, -0.15) is 0 Å². The average molecular weight is 275 g/mol. The normalized spacial score (nSPS) is 12.2. The van der Waals surface area contributed by atoms with E-state index in [-0.39, 0.29) is 5.82 Å². The molecule has 0 heterocycles. The molecule has 0 spiro atoms. The van der Waals surface area contributed by atoms with Crippen LogP contribution in [0, 0.1) is 5.82 Å². The van der Waals surface area contributed by atoms with Gasteiger partial charge in [0.1, 0.15) is 11.6 Å². The molecule has 0 aliphatic rings. The number of ether oxygens (including phenoxy) is 1. The maximum Gasteiger partial charge on any atom is 0.129 e. The number of nitrogens with one attached hydrogen (secondary N) is 1. The number of halogens is 1. The van der Waals surface area contributed by atoms with E-state index < -0.39 is 6.10 Å². The molecule has 1 atom stereocenters. The van der Waals surface area contributed by atoms with Crippen LogP contribution in [0.1, 0.15) is 17.2 Å². The van der Waals surface area contributed by atoms with E-state index in [1.807, 2.05) is 24.3 Å². The first kappa shape index (κ1) is 14.5. The van der Waals surface area contributed by atoms with E-state index in [2.05, 4.69) is 5.32 Å². The molecule has 0 saturated carbocycles. The van der Waals surface area contributed by atoms with Gasteiger partial charge in [-0.05, 0) is 23.8 Å². The Morgan fingerprint density at radius 3 is 2.50 bits per heavy atom. The molecule has 0 bridgehead atoms. The van der Waals surface area contributed by atoms with Crippen molar-refractivity contribution in [2.24, 2.45) is 0 Å². The Morgan fingerprint density at radius 1 is 1.15 bits per heavy atom. The second kappa shape index (κ2) is 7.03. The molecule has 0 fully saturated rings. The van der Waals surface area contributed by atoms with Crippen LogP contribution >= 0.6 is 0 Å². The Labute approximate surface area is 118 Å². The molecule has 0 aliphatic heterocycles. The highest BCUT2D eigenvalue weighted by atomic mass is 19.1. The average Bonchev–Trinajstić information content (AvgIpc) is 2.48. The summed E-state index contributed by atoms with van der Waals surface area (Å²) in [6.45, 7) is 0.905. The Kier molecular flexibility index (Phi) is 5.09. The van der Waals surface area contributed by atoms with Crippen LogP contribution in [0.15, 0.2) is 48.5 Å². The lowest BCUT2D eigenvalue weighted by Gasteiger charge is -2.13. The number of benzene rings is 2. The highest BCUT2D eigenvalue weighted by Crippen LogP contribution is 2.16. The van der Waals surface area contributed by atoms with Crippen LogP contribution < -0.4 is 10.1 Å². The standard InChI is InChI=1S/C16H18FNO2/c1-20-13-8-6-12(7-9-13)10-18-11-16(19)14-4-2-3-5-15(14)17/h2-9,16,18-19H,10-11H2,1H3. The van der Waals surface area contributed by atoms with Crippen LogP contribution in [0.4, 0.5) is 4.39 Å². The summed E-state index contributed by atoms with van der Waals surface area (Å²) in [5.41, 5.74) is 1.39. The molecule has 0 amide bonds. The van der Waals surface area contributed by atoms with Crippen LogP contribution in [0.2, 0.25) is 0 Å². The van der Waals surface area contributed by atoms with Crippen LogP contribution in [0.5, 0.6) is 5.75 Å². The van der Waals surface area contributed by atoms with Gasteiger partial charge in [-0.25, -0.2) is 4.39 Å². The van der Waals surface area contributed by atoms with Crippen molar-refractivity contribution in [2.75, 3.05) is 13.7 Å². The lowest BCUT2D eigenvalue weighted by atomic mass is 10.1. The summed E-state index contributed by atoms with van der Waals surface area (Å²) in [5, 5.41) is 13.0. The fourth-order valence-electron chi connectivity index (χ4n) is 1.95. The topological polar surface area (TPSA) is 41.5 Å². The van der Waals surface area contributed by atoms with Gasteiger partial charge in [0, 0.05) is 18.7 Å². The summed E-state index contributed by atoms with van der Waals surface area (Å²) in [7, 11) is 1.62. The van der Waals surface area contributed by atoms with Gasteiger partial charge in [-0.1, -0.05) is 30.3 Å². The molecule has 2 rings (SSSR count). The molecule has 4 heteroatoms. The van der Waals surface area contributed by atoms with Crippen molar-refractivity contribution < 1.29 is 14.2 Å². The summed E-state index contributed by atoms with van der Waals surface area (Å²) >= 11 is 0. The summed E-state index contributed by atoms with van der Waals surface area (Å²) in [5.74, 6) is 0.423. The fraction of sp³-hybridized carbons (Fsp3) is 0.250. The van der Waals surface area contributed by atoms with Gasteiger partial charge >= 0.3 is 0 Å². The third-order valence-corrected chi connectivity index (χ3v) is 3.09. The molecule has 2 aromatic carbocycles. The van der Waals surface area contributed by atoms with Crippen molar-refractivity contribution in [2.45, 2.75) is 12.6 Å². The number of aliphatic hydroxyl groups excluding tert-OH is 1. The summed E-state index contributed by atoms with van der Waals surface area (Å²) in [6, 6.07) is 13.9. The van der Waals surface area contributed by atoms with E-state index in [1.54, 1.807) is 25.3 Å². The van der Waals surface area contributed by atoms with Crippen molar-refractivity contribution >= 4 is 0 Å². The highest BCUT2D eigenvalue weighted by molar-refractivity contribution is 5.27. The fourth-order valence-corrected chi connectivity index (χ4v) is 1.95. The van der Waals surface area contributed by atoms with Crippen molar-refractivity contribution in [1.82, 2.24) is 5.32 Å². The van der Waals surface area contributed by atoms with Crippen LogP contribution in [0.3, 0.4) is 0 Å². The van der Waals surface area contributed by atoms with Gasteiger partial charge in [0.25, 0.3) is 0 Å². The maximum atomic E-state index is 13.5. The summed E-state index contributed by atoms with van der Waals surface area (Å²) < 4.78 is 18.6. The highest BCUT2D eigenvalue weighted by Gasteiger charge is 2.11. The predicted molar refractivity (Wildman–Crippen MR) is 76.1 cm³/mol. The molecule has 0 aliphatic carbocycles. The molecule has 0 radical (unpaired) electrons. The van der Waals surface area contributed by atoms with E-state index in [0.717, 1.165) is 11.3 Å². The molecule has 20 heavy (non-hydrogen) atoms. The Morgan fingerprint density at radius 2 is 1.85 bits per heavy atom. The second-order valence-corrected chi connectivity index (χ2v) is 4.52. The number of methoxy groups -OCH3 is 1. The molecule has 3 nitrogen and oxygen atoms in total. The number of hydrogen-bond acceptors (Lipinski definition) is 3. The third-order valence-electron chi connectivity index (χ3n) is 3.09. The van der Waals surface area contributed by atoms with Crippen molar-refractivity contribution in [1.29, 1.82) is 0 Å². The van der Waals surface area contributed by atoms with E-state index in [0.29, 0.717) is 18.7 Å². The van der Waals surface area contributed by atoms with E-state index >= 15 is 0 Å². The molecule has 0 aromatic heterocycles. The van der Waals surface area contributed by atoms with Gasteiger partial charge in [0.05, 0.1) is 13.2 Å². The zero-order chi connectivity index (χ0) is 14.4. The first-order valence-corrected chi connectivity index (χ1v) is 6.47. The lowest BCUT2D eigenvalue weighted by Crippen LogP contribution is -2.21. The Bertz CT molecular complexity index is 542. The minimum atomic E-state index is -0.852. The first-order valence-electron chi connectivity index (χ1n) is 6.47. The zero-order valence-electron chi connectivity index (χ0n) is 11.3. The van der Waals surface area contributed by atoms with E-state index in [4.69, 9.17) is 4.74 Å². The minimum Gasteiger partial charge on any atom is -0.497 e. The van der Waals surface area contributed by atoms with Crippen LogP contribution in [-0.2, 0) is 6.54 Å². The lowest BCUT2D eigenvalue weighted by molar-refractivity contribution is 0.169. The number of aliphatic hydroxyl groups is 1. The molecule has 1 unspecified atom stereocenters. The van der Waals surface area contributed by atoms with Gasteiger partial charge < -0.3 is 15.2 Å². The molecular weight excluding hydrogens is 257 g/mol. The molecule has 2 aromatic rings. The predicted octanol–water partition coefficient (Wildman–Crippen LogP) is 2.66. The Balaban J connectivity index is 1.84. The van der Waals surface area contributed by atoms with Crippen molar-refractivity contribution in [3.63, 3.8) is 0 Å². The second-order valence-electron chi connectivity index (χ2n) is 4.52.